The Morgan fingerprint density at radius 3 is 2.84 bits per heavy atom. The smallest absolute Gasteiger partial charge is 0.191 e. The van der Waals surface area contributed by atoms with Crippen LogP contribution >= 0.6 is 24.0 Å². The van der Waals surface area contributed by atoms with E-state index in [1.807, 2.05) is 12.1 Å². The summed E-state index contributed by atoms with van der Waals surface area (Å²) in [5.41, 5.74) is 0. The zero-order valence-corrected chi connectivity index (χ0v) is 18.0. The second-order valence-corrected chi connectivity index (χ2v) is 6.93. The van der Waals surface area contributed by atoms with Gasteiger partial charge in [0, 0.05) is 38.8 Å². The minimum absolute atomic E-state index is 0. The fraction of sp³-hybridized carbons (Fsp3) is 0.737. The molecule has 2 N–H and O–H groups in total. The molecule has 0 atom stereocenters. The van der Waals surface area contributed by atoms with Crippen molar-refractivity contribution in [2.75, 3.05) is 26.3 Å². The number of rotatable bonds is 10. The quantitative estimate of drug-likeness (QED) is 0.239. The molecule has 1 saturated carbocycles. The van der Waals surface area contributed by atoms with E-state index < -0.39 is 0 Å². The van der Waals surface area contributed by atoms with Crippen molar-refractivity contribution in [3.8, 4) is 0 Å². The van der Waals surface area contributed by atoms with Crippen molar-refractivity contribution in [3.05, 3.63) is 24.2 Å². The molecule has 1 aromatic heterocycles. The van der Waals surface area contributed by atoms with Gasteiger partial charge in [0.1, 0.15) is 5.76 Å². The molecule has 5 nitrogen and oxygen atoms in total. The zero-order chi connectivity index (χ0) is 17.0. The summed E-state index contributed by atoms with van der Waals surface area (Å²) in [4.78, 5) is 4.71. The summed E-state index contributed by atoms with van der Waals surface area (Å²) in [6.45, 7) is 7.58. The van der Waals surface area contributed by atoms with Gasteiger partial charge in [-0.2, -0.15) is 0 Å². The number of furan rings is 1. The average molecular weight is 463 g/mol. The first-order chi connectivity index (χ1) is 11.7. The molecule has 1 aliphatic carbocycles. The van der Waals surface area contributed by atoms with Crippen LogP contribution in [0.2, 0.25) is 0 Å². The van der Waals surface area contributed by atoms with Gasteiger partial charge in [-0.3, -0.25) is 4.99 Å². The van der Waals surface area contributed by atoms with E-state index in [2.05, 4.69) is 24.5 Å². The first-order valence-corrected chi connectivity index (χ1v) is 9.39. The fourth-order valence-corrected chi connectivity index (χ4v) is 2.85. The normalized spacial score (nSPS) is 15.4. The summed E-state index contributed by atoms with van der Waals surface area (Å²) in [6.07, 6.45) is 8.68. The molecule has 144 valence electrons. The molecule has 0 aliphatic heterocycles. The molecule has 0 bridgehead atoms. The van der Waals surface area contributed by atoms with Crippen LogP contribution in [0.25, 0.3) is 0 Å². The molecule has 1 heterocycles. The highest BCUT2D eigenvalue weighted by Crippen LogP contribution is 2.17. The fourth-order valence-electron chi connectivity index (χ4n) is 2.85. The zero-order valence-electron chi connectivity index (χ0n) is 15.6. The molecular weight excluding hydrogens is 429 g/mol. The summed E-state index contributed by atoms with van der Waals surface area (Å²) in [5.74, 6) is 2.53. The van der Waals surface area contributed by atoms with Crippen LogP contribution in [-0.2, 0) is 11.2 Å². The van der Waals surface area contributed by atoms with E-state index in [4.69, 9.17) is 14.1 Å². The summed E-state index contributed by atoms with van der Waals surface area (Å²) >= 11 is 0. The monoisotopic (exact) mass is 463 g/mol. The number of hydrogen-bond acceptors (Lipinski definition) is 3. The van der Waals surface area contributed by atoms with Crippen LogP contribution in [0, 0.1) is 5.92 Å². The number of aliphatic imine (C=N–C) groups is 1. The molecule has 25 heavy (non-hydrogen) atoms. The van der Waals surface area contributed by atoms with Gasteiger partial charge in [0.15, 0.2) is 5.96 Å². The van der Waals surface area contributed by atoms with Crippen molar-refractivity contribution in [1.82, 2.24) is 10.6 Å². The Hall–Kier alpha value is -0.760. The molecule has 0 radical (unpaired) electrons. The number of ether oxygens (including phenoxy) is 1. The maximum atomic E-state index is 5.62. The number of guanidine groups is 1. The first-order valence-electron chi connectivity index (χ1n) is 9.39. The Morgan fingerprint density at radius 2 is 2.16 bits per heavy atom. The standard InChI is InChI=1S/C19H33N3O2.HI/c1-16(2)15-23-13-6-11-20-19(22-17-7-3-4-8-17)21-12-10-18-9-5-14-24-18;/h5,9,14,16-17H,3-4,6-8,10-13,15H2,1-2H3,(H2,20,21,22);1H. The molecule has 1 aromatic rings. The van der Waals surface area contributed by atoms with Crippen molar-refractivity contribution in [2.24, 2.45) is 10.9 Å². The van der Waals surface area contributed by atoms with Gasteiger partial charge < -0.3 is 19.8 Å². The van der Waals surface area contributed by atoms with Crippen LogP contribution in [0.5, 0.6) is 0 Å². The van der Waals surface area contributed by atoms with Gasteiger partial charge in [-0.05, 0) is 37.3 Å². The molecule has 2 rings (SSSR count). The summed E-state index contributed by atoms with van der Waals surface area (Å²) < 4.78 is 11.0. The van der Waals surface area contributed by atoms with Crippen LogP contribution in [0.1, 0.15) is 51.7 Å². The van der Waals surface area contributed by atoms with Gasteiger partial charge in [0.2, 0.25) is 0 Å². The average Bonchev–Trinajstić information content (AvgIpc) is 3.23. The van der Waals surface area contributed by atoms with Crippen molar-refractivity contribution in [2.45, 2.75) is 58.4 Å². The minimum atomic E-state index is 0. The largest absolute Gasteiger partial charge is 0.469 e. The molecule has 0 spiro atoms. The third-order valence-corrected chi connectivity index (χ3v) is 4.11. The lowest BCUT2D eigenvalue weighted by molar-refractivity contribution is 0.109. The summed E-state index contributed by atoms with van der Waals surface area (Å²) in [6, 6.07) is 4.50. The molecule has 0 unspecified atom stereocenters. The van der Waals surface area contributed by atoms with E-state index in [0.29, 0.717) is 12.0 Å². The van der Waals surface area contributed by atoms with Crippen LogP contribution in [0.15, 0.2) is 27.8 Å². The second-order valence-electron chi connectivity index (χ2n) is 6.93. The van der Waals surface area contributed by atoms with E-state index >= 15 is 0 Å². The van der Waals surface area contributed by atoms with Gasteiger partial charge in [0.05, 0.1) is 6.26 Å². The van der Waals surface area contributed by atoms with E-state index in [0.717, 1.165) is 50.9 Å². The molecule has 1 aliphatic rings. The SMILES string of the molecule is CC(C)COCCCN=C(NCCc1ccco1)NC1CCCC1.I. The third-order valence-electron chi connectivity index (χ3n) is 4.11. The highest BCUT2D eigenvalue weighted by Gasteiger charge is 2.15. The van der Waals surface area contributed by atoms with Gasteiger partial charge in [-0.15, -0.1) is 24.0 Å². The van der Waals surface area contributed by atoms with E-state index in [1.165, 1.54) is 25.7 Å². The van der Waals surface area contributed by atoms with Crippen LogP contribution in [0.4, 0.5) is 0 Å². The molecule has 0 saturated heterocycles. The van der Waals surface area contributed by atoms with Crippen molar-refractivity contribution < 1.29 is 9.15 Å². The van der Waals surface area contributed by atoms with Crippen LogP contribution < -0.4 is 10.6 Å². The van der Waals surface area contributed by atoms with Crippen molar-refractivity contribution in [1.29, 1.82) is 0 Å². The van der Waals surface area contributed by atoms with E-state index in [9.17, 15) is 0 Å². The summed E-state index contributed by atoms with van der Waals surface area (Å²) in [7, 11) is 0. The molecule has 0 aromatic carbocycles. The topological polar surface area (TPSA) is 58.8 Å². The highest BCUT2D eigenvalue weighted by atomic mass is 127. The molecule has 0 amide bonds. The predicted octanol–water partition coefficient (Wildman–Crippen LogP) is 3.98. The van der Waals surface area contributed by atoms with Crippen molar-refractivity contribution in [3.63, 3.8) is 0 Å². The predicted molar refractivity (Wildman–Crippen MR) is 114 cm³/mol. The van der Waals surface area contributed by atoms with Crippen molar-refractivity contribution >= 4 is 29.9 Å². The van der Waals surface area contributed by atoms with Crippen LogP contribution in [0.3, 0.4) is 0 Å². The minimum Gasteiger partial charge on any atom is -0.469 e. The van der Waals surface area contributed by atoms with Gasteiger partial charge in [-0.25, -0.2) is 0 Å². The Labute approximate surface area is 169 Å². The maximum Gasteiger partial charge on any atom is 0.191 e. The molecule has 6 heteroatoms. The van der Waals surface area contributed by atoms with Gasteiger partial charge >= 0.3 is 0 Å². The number of nitrogens with zero attached hydrogens (tertiary/aromatic N) is 1. The summed E-state index contributed by atoms with van der Waals surface area (Å²) in [5, 5.41) is 7.00. The van der Waals surface area contributed by atoms with E-state index in [-0.39, 0.29) is 24.0 Å². The van der Waals surface area contributed by atoms with Crippen LogP contribution in [-0.4, -0.2) is 38.3 Å². The van der Waals surface area contributed by atoms with Gasteiger partial charge in [0.25, 0.3) is 0 Å². The number of nitrogens with one attached hydrogen (secondary N) is 2. The highest BCUT2D eigenvalue weighted by molar-refractivity contribution is 14.0. The first kappa shape index (κ1) is 22.3. The lowest BCUT2D eigenvalue weighted by atomic mass is 10.2. The maximum absolute atomic E-state index is 5.62. The third kappa shape index (κ3) is 10.1. The lowest BCUT2D eigenvalue weighted by Gasteiger charge is -2.17. The van der Waals surface area contributed by atoms with E-state index in [1.54, 1.807) is 6.26 Å². The number of halogens is 1. The van der Waals surface area contributed by atoms with Gasteiger partial charge in [-0.1, -0.05) is 26.7 Å². The Morgan fingerprint density at radius 1 is 1.36 bits per heavy atom. The Balaban J connectivity index is 0.00000312. The lowest BCUT2D eigenvalue weighted by Crippen LogP contribution is -2.43. The Kier molecular flexibility index (Phi) is 12.0. The molecule has 1 fully saturated rings. The molecular formula is C19H34IN3O2. The second kappa shape index (κ2) is 13.4. The Bertz CT molecular complexity index is 457. The number of hydrogen-bond donors (Lipinski definition) is 2.